The molecule has 0 bridgehead atoms. The van der Waals surface area contributed by atoms with E-state index in [1.165, 1.54) is 6.42 Å². The van der Waals surface area contributed by atoms with Crippen LogP contribution in [0.1, 0.15) is 36.7 Å². The van der Waals surface area contributed by atoms with E-state index in [4.69, 9.17) is 4.74 Å². The predicted molar refractivity (Wildman–Crippen MR) is 74.3 cm³/mol. The zero-order valence-electron chi connectivity index (χ0n) is 11.1. The molecule has 1 aromatic rings. The smallest absolute Gasteiger partial charge is 0.275 e. The van der Waals surface area contributed by atoms with Crippen molar-refractivity contribution in [2.75, 3.05) is 19.7 Å². The highest BCUT2D eigenvalue weighted by Gasteiger charge is 2.29. The van der Waals surface area contributed by atoms with Crippen LogP contribution in [0.3, 0.4) is 0 Å². The van der Waals surface area contributed by atoms with Crippen molar-refractivity contribution in [1.29, 1.82) is 0 Å². The van der Waals surface area contributed by atoms with Gasteiger partial charge in [0.05, 0.1) is 6.61 Å². The maximum Gasteiger partial charge on any atom is 0.275 e. The molecule has 1 saturated heterocycles. The van der Waals surface area contributed by atoms with Crippen molar-refractivity contribution < 1.29 is 9.53 Å². The number of aromatic nitrogens is 2. The Bertz CT molecular complexity index is 500. The van der Waals surface area contributed by atoms with Gasteiger partial charge < -0.3 is 9.64 Å². The second-order valence-corrected chi connectivity index (χ2v) is 6.18. The molecule has 3 heterocycles. The third-order valence-corrected chi connectivity index (χ3v) is 4.47. The average Bonchev–Trinajstić information content (AvgIpc) is 2.76. The first-order chi connectivity index (χ1) is 9.16. The fraction of sp³-hybridized carbons (Fsp3) is 0.692. The Balaban J connectivity index is 1.85. The minimum absolute atomic E-state index is 0.0175. The Labute approximate surface area is 121 Å². The first kappa shape index (κ1) is 13.0. The number of amides is 1. The van der Waals surface area contributed by atoms with E-state index < -0.39 is 0 Å². The summed E-state index contributed by atoms with van der Waals surface area (Å²) in [5.41, 5.74) is 0.492. The second-order valence-electron chi connectivity index (χ2n) is 5.39. The quantitative estimate of drug-likeness (QED) is 0.795. The van der Waals surface area contributed by atoms with Crippen LogP contribution in [0, 0.1) is 5.92 Å². The number of nitrogens with zero attached hydrogens (tertiary/aromatic N) is 3. The lowest BCUT2D eigenvalue weighted by Gasteiger charge is -2.30. The summed E-state index contributed by atoms with van der Waals surface area (Å²) in [5, 5.41) is 4.40. The van der Waals surface area contributed by atoms with E-state index in [1.807, 2.05) is 4.90 Å². The van der Waals surface area contributed by atoms with Crippen LogP contribution in [0.2, 0.25) is 0 Å². The Morgan fingerprint density at radius 3 is 3.00 bits per heavy atom. The van der Waals surface area contributed by atoms with Gasteiger partial charge in [0.2, 0.25) is 5.88 Å². The fourth-order valence-corrected chi connectivity index (χ4v) is 3.33. The molecule has 1 fully saturated rings. The molecule has 104 valence electrons. The van der Waals surface area contributed by atoms with Gasteiger partial charge in [-0.15, -0.1) is 0 Å². The van der Waals surface area contributed by atoms with Crippen molar-refractivity contribution in [3.8, 4) is 5.88 Å². The summed E-state index contributed by atoms with van der Waals surface area (Å²) in [6, 6.07) is 0. The van der Waals surface area contributed by atoms with Crippen molar-refractivity contribution in [3.63, 3.8) is 0 Å². The van der Waals surface area contributed by atoms with Gasteiger partial charge in [-0.1, -0.05) is 6.92 Å². The third kappa shape index (κ3) is 2.38. The number of rotatable bonds is 1. The van der Waals surface area contributed by atoms with Crippen LogP contribution in [0.25, 0.3) is 0 Å². The summed E-state index contributed by atoms with van der Waals surface area (Å²) in [7, 11) is 0. The van der Waals surface area contributed by atoms with E-state index in [-0.39, 0.29) is 5.91 Å². The van der Waals surface area contributed by atoms with E-state index in [1.54, 1.807) is 4.68 Å². The van der Waals surface area contributed by atoms with Crippen LogP contribution in [-0.4, -0.2) is 40.3 Å². The monoisotopic (exact) mass is 327 g/mol. The Kier molecular flexibility index (Phi) is 3.52. The van der Waals surface area contributed by atoms with Crippen LogP contribution in [0.15, 0.2) is 4.47 Å². The summed E-state index contributed by atoms with van der Waals surface area (Å²) in [6.07, 6.45) is 3.22. The normalized spacial score (nSPS) is 22.8. The molecular formula is C13H18BrN3O2. The molecule has 1 aromatic heterocycles. The zero-order valence-corrected chi connectivity index (χ0v) is 12.6. The number of likely N-dealkylation sites (tertiary alicyclic amines) is 1. The summed E-state index contributed by atoms with van der Waals surface area (Å²) in [6.45, 7) is 5.36. The zero-order chi connectivity index (χ0) is 13.4. The van der Waals surface area contributed by atoms with Crippen molar-refractivity contribution in [2.24, 2.45) is 5.92 Å². The third-order valence-electron chi connectivity index (χ3n) is 3.75. The summed E-state index contributed by atoms with van der Waals surface area (Å²) < 4.78 is 8.07. The Morgan fingerprint density at radius 1 is 1.42 bits per heavy atom. The molecule has 0 aliphatic carbocycles. The topological polar surface area (TPSA) is 47.4 Å². The van der Waals surface area contributed by atoms with E-state index in [2.05, 4.69) is 28.0 Å². The lowest BCUT2D eigenvalue weighted by molar-refractivity contribution is 0.0675. The lowest BCUT2D eigenvalue weighted by atomic mass is 10.00. The van der Waals surface area contributed by atoms with Gasteiger partial charge in [0.25, 0.3) is 5.91 Å². The van der Waals surface area contributed by atoms with Gasteiger partial charge in [0, 0.05) is 26.1 Å². The molecule has 1 amide bonds. The van der Waals surface area contributed by atoms with Gasteiger partial charge in [-0.2, -0.15) is 5.10 Å². The van der Waals surface area contributed by atoms with Gasteiger partial charge in [0.15, 0.2) is 5.69 Å². The maximum atomic E-state index is 12.5. The van der Waals surface area contributed by atoms with Crippen LogP contribution in [0.5, 0.6) is 5.88 Å². The van der Waals surface area contributed by atoms with Crippen molar-refractivity contribution in [3.05, 3.63) is 10.2 Å². The van der Waals surface area contributed by atoms with Gasteiger partial charge >= 0.3 is 0 Å². The maximum absolute atomic E-state index is 12.5. The molecule has 0 spiro atoms. The van der Waals surface area contributed by atoms with Gasteiger partial charge in [-0.3, -0.25) is 4.79 Å². The molecule has 1 unspecified atom stereocenters. The summed E-state index contributed by atoms with van der Waals surface area (Å²) in [4.78, 5) is 14.5. The Morgan fingerprint density at radius 2 is 2.26 bits per heavy atom. The van der Waals surface area contributed by atoms with Gasteiger partial charge in [-0.05, 0) is 34.7 Å². The first-order valence-electron chi connectivity index (χ1n) is 6.85. The number of aryl methyl sites for hydroxylation is 1. The molecule has 0 N–H and O–H groups in total. The number of carbonyl (C=O) groups excluding carboxylic acids is 1. The van der Waals surface area contributed by atoms with Gasteiger partial charge in [0.1, 0.15) is 4.47 Å². The highest BCUT2D eigenvalue weighted by atomic mass is 79.9. The molecule has 3 rings (SSSR count). The second kappa shape index (κ2) is 5.15. The van der Waals surface area contributed by atoms with Crippen molar-refractivity contribution in [1.82, 2.24) is 14.7 Å². The molecule has 0 radical (unpaired) electrons. The van der Waals surface area contributed by atoms with Crippen LogP contribution < -0.4 is 4.74 Å². The van der Waals surface area contributed by atoms with E-state index >= 15 is 0 Å². The number of ether oxygens (including phenoxy) is 1. The lowest BCUT2D eigenvalue weighted by Crippen LogP contribution is -2.39. The number of halogens is 1. The molecular weight excluding hydrogens is 310 g/mol. The molecule has 2 aliphatic rings. The molecule has 1 atom stereocenters. The summed E-state index contributed by atoms with van der Waals surface area (Å²) in [5.74, 6) is 1.29. The molecule has 5 nitrogen and oxygen atoms in total. The highest BCUT2D eigenvalue weighted by molar-refractivity contribution is 9.10. The molecule has 0 aromatic carbocycles. The molecule has 0 saturated carbocycles. The van der Waals surface area contributed by atoms with Crippen molar-refractivity contribution in [2.45, 2.75) is 32.7 Å². The number of piperidine rings is 1. The van der Waals surface area contributed by atoms with E-state index in [9.17, 15) is 4.79 Å². The average molecular weight is 328 g/mol. The van der Waals surface area contributed by atoms with E-state index in [0.29, 0.717) is 28.6 Å². The molecule has 6 heteroatoms. The van der Waals surface area contributed by atoms with Crippen LogP contribution >= 0.6 is 15.9 Å². The minimum atomic E-state index is 0.0175. The van der Waals surface area contributed by atoms with Gasteiger partial charge in [-0.25, -0.2) is 4.68 Å². The Hall–Kier alpha value is -1.04. The summed E-state index contributed by atoms with van der Waals surface area (Å²) >= 11 is 3.46. The predicted octanol–water partition coefficient (Wildman–Crippen LogP) is 2.30. The highest BCUT2D eigenvalue weighted by Crippen LogP contribution is 2.32. The molecule has 19 heavy (non-hydrogen) atoms. The SMILES string of the molecule is CC1CCCN(C(=O)c2nn3c(c2Br)OCCC3)C1. The first-order valence-corrected chi connectivity index (χ1v) is 7.64. The number of fused-ring (bicyclic) bond motifs is 1. The standard InChI is InChI=1S/C13H18BrN3O2/c1-9-4-2-5-16(8-9)12(18)11-10(14)13-17(15-11)6-3-7-19-13/h9H,2-8H2,1H3. The van der Waals surface area contributed by atoms with E-state index in [0.717, 1.165) is 32.5 Å². The van der Waals surface area contributed by atoms with Crippen molar-refractivity contribution >= 4 is 21.8 Å². The van der Waals surface area contributed by atoms with Crippen LogP contribution in [-0.2, 0) is 6.54 Å². The minimum Gasteiger partial charge on any atom is -0.477 e. The fourth-order valence-electron chi connectivity index (χ4n) is 2.76. The molecule has 2 aliphatic heterocycles. The van der Waals surface area contributed by atoms with Crippen LogP contribution in [0.4, 0.5) is 0 Å². The largest absolute Gasteiger partial charge is 0.477 e. The number of hydrogen-bond donors (Lipinski definition) is 0. The number of hydrogen-bond acceptors (Lipinski definition) is 3. The number of carbonyl (C=O) groups is 1.